The van der Waals surface area contributed by atoms with Crippen LogP contribution >= 0.6 is 11.6 Å². The lowest BCUT2D eigenvalue weighted by Crippen LogP contribution is -2.55. The van der Waals surface area contributed by atoms with E-state index in [0.29, 0.717) is 10.8 Å². The number of hydrogen-bond donors (Lipinski definition) is 1. The van der Waals surface area contributed by atoms with E-state index in [1.54, 1.807) is 42.5 Å². The third kappa shape index (κ3) is 8.49. The summed E-state index contributed by atoms with van der Waals surface area (Å²) in [5.74, 6) is -0.469. The van der Waals surface area contributed by atoms with Crippen LogP contribution in [0.4, 0.5) is 5.69 Å². The van der Waals surface area contributed by atoms with Gasteiger partial charge in [0.25, 0.3) is 0 Å². The Morgan fingerprint density at radius 3 is 2.29 bits per heavy atom. The Bertz CT molecular complexity index is 1460. The zero-order valence-electron chi connectivity index (χ0n) is 24.0. The normalized spacial score (nSPS) is 14.5. The number of halogens is 1. The first-order valence-corrected chi connectivity index (χ1v) is 16.4. The van der Waals surface area contributed by atoms with Crippen molar-refractivity contribution in [1.29, 1.82) is 0 Å². The van der Waals surface area contributed by atoms with Crippen molar-refractivity contribution in [3.8, 4) is 5.75 Å². The van der Waals surface area contributed by atoms with Gasteiger partial charge >= 0.3 is 0 Å². The number of carbonyl (C=O) groups excluding carboxylic acids is 2. The predicted molar refractivity (Wildman–Crippen MR) is 166 cm³/mol. The van der Waals surface area contributed by atoms with Gasteiger partial charge in [-0.15, -0.1) is 0 Å². The van der Waals surface area contributed by atoms with Crippen LogP contribution in [0.1, 0.15) is 43.2 Å². The second-order valence-electron chi connectivity index (χ2n) is 10.6. The van der Waals surface area contributed by atoms with Crippen LogP contribution in [0, 0.1) is 0 Å². The number of nitrogens with one attached hydrogen (secondary N) is 1. The van der Waals surface area contributed by atoms with Gasteiger partial charge in [-0.3, -0.25) is 13.9 Å². The average Bonchev–Trinajstić information content (AvgIpc) is 2.98. The minimum atomic E-state index is -3.90. The second kappa shape index (κ2) is 14.6. The molecule has 0 aliphatic heterocycles. The van der Waals surface area contributed by atoms with E-state index in [1.165, 1.54) is 12.0 Å². The van der Waals surface area contributed by atoms with E-state index in [4.69, 9.17) is 16.3 Å². The van der Waals surface area contributed by atoms with Gasteiger partial charge in [0, 0.05) is 24.0 Å². The van der Waals surface area contributed by atoms with Gasteiger partial charge in [-0.2, -0.15) is 0 Å². The Kier molecular flexibility index (Phi) is 10.9. The lowest BCUT2D eigenvalue weighted by atomic mass is 9.94. The maximum atomic E-state index is 14.3. The predicted octanol–water partition coefficient (Wildman–Crippen LogP) is 5.20. The maximum absolute atomic E-state index is 14.3. The number of nitrogens with zero attached hydrogens (tertiary/aromatic N) is 2. The SMILES string of the molecule is COc1ccccc1N(CC(=O)N(Cc1cccc(Cl)c1)C(Cc1ccccc1)C(=O)NC1CCCCC1)S(C)(=O)=O. The number of hydrogen-bond acceptors (Lipinski definition) is 5. The van der Waals surface area contributed by atoms with E-state index < -0.39 is 28.5 Å². The van der Waals surface area contributed by atoms with Crippen molar-refractivity contribution in [3.05, 3.63) is 95.0 Å². The summed E-state index contributed by atoms with van der Waals surface area (Å²) < 4.78 is 32.5. The van der Waals surface area contributed by atoms with E-state index >= 15 is 0 Å². The Morgan fingerprint density at radius 2 is 1.62 bits per heavy atom. The van der Waals surface area contributed by atoms with Crippen LogP contribution < -0.4 is 14.4 Å². The molecule has 1 fully saturated rings. The summed E-state index contributed by atoms with van der Waals surface area (Å²) in [5, 5.41) is 3.69. The van der Waals surface area contributed by atoms with Crippen LogP contribution in [-0.4, -0.2) is 57.1 Å². The quantitative estimate of drug-likeness (QED) is 0.304. The first-order chi connectivity index (χ1) is 20.2. The molecule has 8 nitrogen and oxygen atoms in total. The fraction of sp³-hybridized carbons (Fsp3) is 0.375. The summed E-state index contributed by atoms with van der Waals surface area (Å²) in [7, 11) is -2.46. The number of sulfonamides is 1. The smallest absolute Gasteiger partial charge is 0.244 e. The largest absolute Gasteiger partial charge is 0.495 e. The molecule has 0 heterocycles. The van der Waals surface area contributed by atoms with Crippen LogP contribution in [0.15, 0.2) is 78.9 Å². The molecule has 0 saturated heterocycles. The first-order valence-electron chi connectivity index (χ1n) is 14.1. The van der Waals surface area contributed by atoms with E-state index in [0.717, 1.165) is 53.8 Å². The highest BCUT2D eigenvalue weighted by molar-refractivity contribution is 7.92. The van der Waals surface area contributed by atoms with Crippen molar-refractivity contribution in [2.24, 2.45) is 0 Å². The van der Waals surface area contributed by atoms with E-state index in [-0.39, 0.29) is 30.6 Å². The summed E-state index contributed by atoms with van der Waals surface area (Å²) in [6.45, 7) is -0.444. The minimum absolute atomic E-state index is 0.0359. The Hall–Kier alpha value is -3.56. The Morgan fingerprint density at radius 1 is 0.952 bits per heavy atom. The highest BCUT2D eigenvalue weighted by atomic mass is 35.5. The van der Waals surface area contributed by atoms with Gasteiger partial charge in [-0.05, 0) is 48.2 Å². The van der Waals surface area contributed by atoms with Crippen LogP contribution in [0.2, 0.25) is 5.02 Å². The minimum Gasteiger partial charge on any atom is -0.495 e. The lowest BCUT2D eigenvalue weighted by Gasteiger charge is -2.35. The molecule has 1 unspecified atom stereocenters. The number of para-hydroxylation sites is 2. The maximum Gasteiger partial charge on any atom is 0.244 e. The van der Waals surface area contributed by atoms with E-state index in [9.17, 15) is 18.0 Å². The van der Waals surface area contributed by atoms with Gasteiger partial charge in [0.15, 0.2) is 0 Å². The molecule has 1 saturated carbocycles. The van der Waals surface area contributed by atoms with Crippen molar-refractivity contribution < 1.29 is 22.7 Å². The number of amides is 2. The zero-order valence-corrected chi connectivity index (χ0v) is 25.6. The van der Waals surface area contributed by atoms with Gasteiger partial charge in [0.2, 0.25) is 21.8 Å². The number of anilines is 1. The molecular weight excluding hydrogens is 574 g/mol. The van der Waals surface area contributed by atoms with Gasteiger partial charge < -0.3 is 15.0 Å². The molecule has 3 aromatic carbocycles. The van der Waals surface area contributed by atoms with Crippen LogP contribution in [0.5, 0.6) is 5.75 Å². The molecule has 10 heteroatoms. The van der Waals surface area contributed by atoms with Crippen molar-refractivity contribution in [2.45, 2.75) is 57.2 Å². The molecule has 0 spiro atoms. The number of methoxy groups -OCH3 is 1. The number of rotatable bonds is 12. The molecule has 0 aromatic heterocycles. The fourth-order valence-corrected chi connectivity index (χ4v) is 6.43. The summed E-state index contributed by atoms with van der Waals surface area (Å²) in [6, 6.07) is 22.4. The van der Waals surface area contributed by atoms with Gasteiger partial charge in [0.1, 0.15) is 18.3 Å². The third-order valence-corrected chi connectivity index (χ3v) is 8.86. The highest BCUT2D eigenvalue weighted by Gasteiger charge is 2.34. The molecule has 4 rings (SSSR count). The third-order valence-electron chi connectivity index (χ3n) is 7.50. The number of ether oxygens (including phenoxy) is 1. The Labute approximate surface area is 253 Å². The molecule has 1 aliphatic rings. The van der Waals surface area contributed by atoms with Crippen LogP contribution in [0.25, 0.3) is 0 Å². The van der Waals surface area contributed by atoms with Gasteiger partial charge in [-0.25, -0.2) is 8.42 Å². The molecule has 42 heavy (non-hydrogen) atoms. The highest BCUT2D eigenvalue weighted by Crippen LogP contribution is 2.30. The standard InChI is InChI=1S/C32H38ClN3O5S/c1-41-30-19-10-9-18-28(30)36(42(2,39)40)23-31(37)35(22-25-14-11-15-26(33)20-25)29(21-24-12-5-3-6-13-24)32(38)34-27-16-7-4-8-17-27/h3,5-6,9-15,18-20,27,29H,4,7-8,16-17,21-23H2,1-2H3,(H,34,38). The molecular formula is C32H38ClN3O5S. The lowest BCUT2D eigenvalue weighted by molar-refractivity contribution is -0.140. The second-order valence-corrected chi connectivity index (χ2v) is 13.0. The van der Waals surface area contributed by atoms with Crippen molar-refractivity contribution in [2.75, 3.05) is 24.2 Å². The average molecular weight is 612 g/mol. The molecule has 3 aromatic rings. The fourth-order valence-electron chi connectivity index (χ4n) is 5.36. The zero-order chi connectivity index (χ0) is 30.1. The van der Waals surface area contributed by atoms with Crippen molar-refractivity contribution >= 4 is 39.1 Å². The van der Waals surface area contributed by atoms with Gasteiger partial charge in [-0.1, -0.05) is 85.5 Å². The molecule has 1 aliphatic carbocycles. The van der Waals surface area contributed by atoms with E-state index in [1.807, 2.05) is 36.4 Å². The topological polar surface area (TPSA) is 96.0 Å². The van der Waals surface area contributed by atoms with Crippen LogP contribution in [0.3, 0.4) is 0 Å². The number of carbonyl (C=O) groups is 2. The first kappa shape index (κ1) is 31.4. The molecule has 224 valence electrons. The van der Waals surface area contributed by atoms with Crippen molar-refractivity contribution in [1.82, 2.24) is 10.2 Å². The number of benzene rings is 3. The Balaban J connectivity index is 1.74. The van der Waals surface area contributed by atoms with Crippen molar-refractivity contribution in [3.63, 3.8) is 0 Å². The molecule has 1 N–H and O–H groups in total. The molecule has 1 atom stereocenters. The summed E-state index contributed by atoms with van der Waals surface area (Å²) >= 11 is 6.28. The molecule has 2 amide bonds. The molecule has 0 bridgehead atoms. The van der Waals surface area contributed by atoms with Gasteiger partial charge in [0.05, 0.1) is 19.1 Å². The monoisotopic (exact) mass is 611 g/mol. The summed E-state index contributed by atoms with van der Waals surface area (Å²) in [5.41, 5.74) is 1.85. The summed E-state index contributed by atoms with van der Waals surface area (Å²) in [4.78, 5) is 29.7. The summed E-state index contributed by atoms with van der Waals surface area (Å²) in [6.07, 6.45) is 6.32. The molecule has 0 radical (unpaired) electrons. The van der Waals surface area contributed by atoms with E-state index in [2.05, 4.69) is 5.32 Å². The van der Waals surface area contributed by atoms with Crippen LogP contribution in [-0.2, 0) is 32.6 Å².